The van der Waals surface area contributed by atoms with Crippen molar-refractivity contribution in [2.24, 2.45) is 0 Å². The van der Waals surface area contributed by atoms with Gasteiger partial charge in [-0.2, -0.15) is 0 Å². The van der Waals surface area contributed by atoms with Crippen LogP contribution in [0, 0.1) is 6.92 Å². The van der Waals surface area contributed by atoms with Crippen LogP contribution in [0.4, 0.5) is 11.5 Å². The first-order valence-electron chi connectivity index (χ1n) is 12.1. The van der Waals surface area contributed by atoms with E-state index in [1.165, 1.54) is 24.8 Å². The van der Waals surface area contributed by atoms with E-state index in [0.717, 1.165) is 57.0 Å². The Hall–Kier alpha value is -3.77. The van der Waals surface area contributed by atoms with Crippen molar-refractivity contribution in [1.29, 1.82) is 0 Å². The molecule has 0 spiro atoms. The third kappa shape index (κ3) is 4.26. The van der Waals surface area contributed by atoms with E-state index in [4.69, 9.17) is 9.97 Å². The fourth-order valence-electron chi connectivity index (χ4n) is 4.85. The van der Waals surface area contributed by atoms with Crippen LogP contribution in [0.3, 0.4) is 0 Å². The van der Waals surface area contributed by atoms with Crippen molar-refractivity contribution in [3.63, 3.8) is 0 Å². The molecule has 0 radical (unpaired) electrons. The Morgan fingerprint density at radius 3 is 2.54 bits per heavy atom. The van der Waals surface area contributed by atoms with Crippen molar-refractivity contribution in [2.45, 2.75) is 26.2 Å². The molecule has 3 aromatic heterocycles. The molecule has 6 heteroatoms. The van der Waals surface area contributed by atoms with E-state index >= 15 is 0 Å². The number of para-hydroxylation sites is 1. The Labute approximate surface area is 208 Å². The van der Waals surface area contributed by atoms with Gasteiger partial charge in [0, 0.05) is 29.5 Å². The molecule has 2 aromatic carbocycles. The number of aryl methyl sites for hydroxylation is 1. The molecule has 1 aliphatic heterocycles. The molecule has 0 saturated carbocycles. The topological polar surface area (TPSA) is 58.1 Å². The lowest BCUT2D eigenvalue weighted by atomic mass is 10.1. The average Bonchev–Trinajstić information content (AvgIpc) is 3.44. The second kappa shape index (κ2) is 9.12. The molecule has 5 nitrogen and oxygen atoms in total. The first-order valence-corrected chi connectivity index (χ1v) is 12.9. The van der Waals surface area contributed by atoms with Gasteiger partial charge in [-0.15, -0.1) is 11.3 Å². The number of hydrogen-bond acceptors (Lipinski definition) is 5. The van der Waals surface area contributed by atoms with Gasteiger partial charge in [0.05, 0.1) is 27.2 Å². The number of aromatic nitrogens is 2. The minimum atomic E-state index is -0.142. The second-order valence-electron chi connectivity index (χ2n) is 9.08. The summed E-state index contributed by atoms with van der Waals surface area (Å²) in [7, 11) is 0. The van der Waals surface area contributed by atoms with Crippen LogP contribution < -0.4 is 10.2 Å². The summed E-state index contributed by atoms with van der Waals surface area (Å²) in [5.41, 5.74) is 5.13. The van der Waals surface area contributed by atoms with Gasteiger partial charge >= 0.3 is 0 Å². The number of rotatable bonds is 4. The maximum atomic E-state index is 13.5. The minimum Gasteiger partial charge on any atom is -0.357 e. The summed E-state index contributed by atoms with van der Waals surface area (Å²) < 4.78 is 0. The maximum absolute atomic E-state index is 13.5. The van der Waals surface area contributed by atoms with Gasteiger partial charge in [0.25, 0.3) is 5.91 Å². The average molecular weight is 479 g/mol. The summed E-state index contributed by atoms with van der Waals surface area (Å²) in [6, 6.07) is 21.9. The highest BCUT2D eigenvalue weighted by Gasteiger charge is 2.17. The van der Waals surface area contributed by atoms with Crippen LogP contribution in [0.2, 0.25) is 0 Å². The molecule has 5 aromatic rings. The van der Waals surface area contributed by atoms with Crippen molar-refractivity contribution >= 4 is 50.6 Å². The van der Waals surface area contributed by atoms with Crippen LogP contribution in [0.5, 0.6) is 0 Å². The zero-order valence-corrected chi connectivity index (χ0v) is 20.4. The molecule has 174 valence electrons. The first kappa shape index (κ1) is 21.7. The van der Waals surface area contributed by atoms with Crippen LogP contribution >= 0.6 is 11.3 Å². The van der Waals surface area contributed by atoms with Gasteiger partial charge in [-0.1, -0.05) is 24.3 Å². The molecule has 0 bridgehead atoms. The zero-order valence-electron chi connectivity index (χ0n) is 19.6. The van der Waals surface area contributed by atoms with Crippen molar-refractivity contribution in [1.82, 2.24) is 9.97 Å². The molecule has 0 aliphatic carbocycles. The molecule has 1 N–H and O–H groups in total. The lowest BCUT2D eigenvalue weighted by Crippen LogP contribution is -2.30. The number of benzene rings is 2. The van der Waals surface area contributed by atoms with E-state index in [0.29, 0.717) is 5.56 Å². The summed E-state index contributed by atoms with van der Waals surface area (Å²) in [5, 5.41) is 7.04. The second-order valence-corrected chi connectivity index (χ2v) is 10.0. The van der Waals surface area contributed by atoms with Crippen LogP contribution in [0.15, 0.2) is 72.1 Å². The number of nitrogens with zero attached hydrogens (tertiary/aromatic N) is 3. The number of carbonyl (C=O) groups is 1. The van der Waals surface area contributed by atoms with E-state index in [-0.39, 0.29) is 5.91 Å². The normalized spacial score (nSPS) is 13.9. The van der Waals surface area contributed by atoms with E-state index < -0.39 is 0 Å². The highest BCUT2D eigenvalue weighted by Crippen LogP contribution is 2.30. The Morgan fingerprint density at radius 1 is 0.886 bits per heavy atom. The number of thiophene rings is 1. The highest BCUT2D eigenvalue weighted by atomic mass is 32.1. The number of pyridine rings is 2. The van der Waals surface area contributed by atoms with Crippen LogP contribution in [-0.4, -0.2) is 29.0 Å². The Bertz CT molecular complexity index is 1540. The summed E-state index contributed by atoms with van der Waals surface area (Å²) in [6.45, 7) is 4.26. The van der Waals surface area contributed by atoms with Crippen molar-refractivity contribution in [3.8, 4) is 10.6 Å². The Morgan fingerprint density at radius 2 is 1.71 bits per heavy atom. The summed E-state index contributed by atoms with van der Waals surface area (Å²) in [4.78, 5) is 26.6. The molecular weight excluding hydrogens is 452 g/mol. The zero-order chi connectivity index (χ0) is 23.8. The number of hydrogen-bond donors (Lipinski definition) is 1. The number of nitrogens with one attached hydrogen (secondary N) is 1. The summed E-state index contributed by atoms with van der Waals surface area (Å²) in [6.07, 6.45) is 3.75. The number of piperidine rings is 1. The van der Waals surface area contributed by atoms with Gasteiger partial charge in [-0.25, -0.2) is 9.97 Å². The van der Waals surface area contributed by atoms with Gasteiger partial charge in [0.1, 0.15) is 5.82 Å². The van der Waals surface area contributed by atoms with Gasteiger partial charge in [-0.05, 0) is 79.6 Å². The van der Waals surface area contributed by atoms with Crippen LogP contribution in [0.1, 0.15) is 35.2 Å². The van der Waals surface area contributed by atoms with Crippen LogP contribution in [-0.2, 0) is 0 Å². The van der Waals surface area contributed by atoms with E-state index in [2.05, 4.69) is 23.2 Å². The van der Waals surface area contributed by atoms with E-state index in [1.807, 2.05) is 66.0 Å². The molecule has 6 rings (SSSR count). The van der Waals surface area contributed by atoms with Gasteiger partial charge in [0.15, 0.2) is 0 Å². The predicted molar refractivity (Wildman–Crippen MR) is 146 cm³/mol. The Kier molecular flexibility index (Phi) is 5.66. The molecule has 0 atom stereocenters. The summed E-state index contributed by atoms with van der Waals surface area (Å²) >= 11 is 1.62. The molecule has 0 unspecified atom stereocenters. The number of carbonyl (C=O) groups excluding carboxylic acids is 1. The third-order valence-corrected chi connectivity index (χ3v) is 7.57. The monoisotopic (exact) mass is 478 g/mol. The maximum Gasteiger partial charge on any atom is 0.256 e. The van der Waals surface area contributed by atoms with Crippen molar-refractivity contribution in [2.75, 3.05) is 23.3 Å². The molecule has 1 aliphatic rings. The fourth-order valence-corrected chi connectivity index (χ4v) is 5.54. The largest absolute Gasteiger partial charge is 0.357 e. The lowest BCUT2D eigenvalue weighted by Gasteiger charge is -2.28. The van der Waals surface area contributed by atoms with E-state index in [1.54, 1.807) is 11.3 Å². The predicted octanol–water partition coefficient (Wildman–Crippen LogP) is 7.06. The minimum absolute atomic E-state index is 0.142. The molecule has 1 amide bonds. The SMILES string of the molecule is Cc1cc(N2CCCCC2)nc2ccc(NC(=O)c3cc(-c4cccs4)nc4ccccc34)cc12. The smallest absolute Gasteiger partial charge is 0.256 e. The lowest BCUT2D eigenvalue weighted by molar-refractivity contribution is 0.102. The molecule has 1 fully saturated rings. The summed E-state index contributed by atoms with van der Waals surface area (Å²) in [5.74, 6) is 0.909. The van der Waals surface area contributed by atoms with Crippen molar-refractivity contribution in [3.05, 3.63) is 83.2 Å². The molecule has 1 saturated heterocycles. The third-order valence-electron chi connectivity index (χ3n) is 6.67. The number of anilines is 2. The van der Waals surface area contributed by atoms with Gasteiger partial charge in [-0.3, -0.25) is 4.79 Å². The fraction of sp³-hybridized carbons (Fsp3) is 0.207. The van der Waals surface area contributed by atoms with Gasteiger partial charge in [0.2, 0.25) is 0 Å². The van der Waals surface area contributed by atoms with Crippen LogP contribution in [0.25, 0.3) is 32.4 Å². The van der Waals surface area contributed by atoms with Gasteiger partial charge < -0.3 is 10.2 Å². The van der Waals surface area contributed by atoms with E-state index in [9.17, 15) is 4.79 Å². The first-order chi connectivity index (χ1) is 17.2. The van der Waals surface area contributed by atoms with Crippen molar-refractivity contribution < 1.29 is 4.79 Å². The quantitative estimate of drug-likeness (QED) is 0.300. The molecule has 4 heterocycles. The Balaban J connectivity index is 1.34. The highest BCUT2D eigenvalue weighted by molar-refractivity contribution is 7.13. The standard InChI is InChI=1S/C29H26N4OS/c1-19-16-28(33-13-5-2-6-14-33)32-25-12-11-20(17-22(19)25)30-29(34)23-18-26(27-10-7-15-35-27)31-24-9-4-3-8-21(23)24/h3-4,7-12,15-18H,2,5-6,13-14H2,1H3,(H,30,34). The molecule has 35 heavy (non-hydrogen) atoms. The number of fused-ring (bicyclic) bond motifs is 2. The number of amides is 1. The molecular formula is C29H26N4OS.